The van der Waals surface area contributed by atoms with E-state index in [4.69, 9.17) is 20.7 Å². The van der Waals surface area contributed by atoms with Crippen LogP contribution in [0.3, 0.4) is 0 Å². The predicted molar refractivity (Wildman–Crippen MR) is 131 cm³/mol. The van der Waals surface area contributed by atoms with Gasteiger partial charge in [0.15, 0.2) is 0 Å². The van der Waals surface area contributed by atoms with E-state index in [0.29, 0.717) is 28.9 Å². The molecule has 3 atom stereocenters. The molecular formula is C27H41NO5. The van der Waals surface area contributed by atoms with Crippen LogP contribution in [0.1, 0.15) is 82.4 Å². The minimum absolute atomic E-state index is 0.302. The van der Waals surface area contributed by atoms with Crippen molar-refractivity contribution in [2.24, 2.45) is 17.1 Å². The summed E-state index contributed by atoms with van der Waals surface area (Å²) >= 11 is 0. The fourth-order valence-electron chi connectivity index (χ4n) is 5.81. The van der Waals surface area contributed by atoms with E-state index in [1.54, 1.807) is 11.1 Å². The monoisotopic (exact) mass is 459 g/mol. The van der Waals surface area contributed by atoms with E-state index in [0.717, 1.165) is 32.1 Å². The second-order valence-electron chi connectivity index (χ2n) is 10.3. The molecule has 1 aromatic rings. The number of carboxylic acids is 2. The Hall–Kier alpha value is -2.18. The molecule has 0 unspecified atom stereocenters. The Labute approximate surface area is 198 Å². The SMILES string of the molecule is CC(C)c1ccc2c(c1)CC[C@H]1[C@](C)(COCCCN)CCC[C@]21C.O=C(O)/C=C/C(=O)O. The van der Waals surface area contributed by atoms with Crippen LogP contribution >= 0.6 is 0 Å². The number of ether oxygens (including phenoxy) is 1. The van der Waals surface area contributed by atoms with E-state index in [1.165, 1.54) is 37.7 Å². The number of aryl methyl sites for hydroxylation is 1. The van der Waals surface area contributed by atoms with Crippen molar-refractivity contribution in [2.75, 3.05) is 19.8 Å². The molecule has 0 heterocycles. The van der Waals surface area contributed by atoms with Crippen LogP contribution in [-0.2, 0) is 26.2 Å². The average molecular weight is 460 g/mol. The van der Waals surface area contributed by atoms with Gasteiger partial charge in [-0.1, -0.05) is 52.3 Å². The summed E-state index contributed by atoms with van der Waals surface area (Å²) in [6.45, 7) is 12.0. The number of carboxylic acid groups (broad SMARTS) is 2. The molecule has 4 N–H and O–H groups in total. The van der Waals surface area contributed by atoms with Crippen LogP contribution in [0.4, 0.5) is 0 Å². The van der Waals surface area contributed by atoms with Crippen molar-refractivity contribution in [2.45, 2.75) is 77.6 Å². The Balaban J connectivity index is 0.000000414. The lowest BCUT2D eigenvalue weighted by molar-refractivity contribution is -0.134. The Morgan fingerprint density at radius 1 is 1.18 bits per heavy atom. The highest BCUT2D eigenvalue weighted by Gasteiger charge is 2.51. The molecule has 184 valence electrons. The van der Waals surface area contributed by atoms with Crippen molar-refractivity contribution in [1.29, 1.82) is 0 Å². The first-order valence-electron chi connectivity index (χ1n) is 12.1. The molecule has 0 aliphatic heterocycles. The zero-order valence-electron chi connectivity index (χ0n) is 20.6. The Bertz CT molecular complexity index is 833. The zero-order chi connectivity index (χ0) is 24.6. The molecule has 0 bridgehead atoms. The van der Waals surface area contributed by atoms with Gasteiger partial charge < -0.3 is 20.7 Å². The smallest absolute Gasteiger partial charge is 0.328 e. The molecular weight excluding hydrogens is 418 g/mol. The standard InChI is InChI=1S/C23H37NO.C4H4O4/c1-17(2)18-7-9-20-19(15-18)8-10-21-22(3,16-25-14-6-13-24)11-5-12-23(20,21)4;5-3(6)1-2-4(7)8/h7,9,15,17,21H,5-6,8,10-14,16,24H2,1-4H3;1-2H,(H,5,6)(H,7,8)/b;2-1+/t21-,22-,23+;/m0./s1. The minimum atomic E-state index is -1.26. The number of benzene rings is 1. The molecule has 1 aromatic carbocycles. The summed E-state index contributed by atoms with van der Waals surface area (Å²) in [5.74, 6) is -1.17. The van der Waals surface area contributed by atoms with Crippen molar-refractivity contribution in [3.63, 3.8) is 0 Å². The summed E-state index contributed by atoms with van der Waals surface area (Å²) in [4.78, 5) is 19.1. The van der Waals surface area contributed by atoms with Crippen molar-refractivity contribution in [1.82, 2.24) is 0 Å². The number of fused-ring (bicyclic) bond motifs is 3. The van der Waals surface area contributed by atoms with Crippen LogP contribution in [0.25, 0.3) is 0 Å². The lowest BCUT2D eigenvalue weighted by Gasteiger charge is -2.55. The third-order valence-corrected chi connectivity index (χ3v) is 7.46. The van der Waals surface area contributed by atoms with Crippen molar-refractivity contribution in [3.8, 4) is 0 Å². The first-order chi connectivity index (χ1) is 15.5. The molecule has 3 rings (SSSR count). The summed E-state index contributed by atoms with van der Waals surface area (Å²) in [7, 11) is 0. The quantitative estimate of drug-likeness (QED) is 0.377. The van der Waals surface area contributed by atoms with Gasteiger partial charge in [0.25, 0.3) is 0 Å². The first-order valence-corrected chi connectivity index (χ1v) is 12.1. The number of hydrogen-bond donors (Lipinski definition) is 3. The van der Waals surface area contributed by atoms with E-state index in [9.17, 15) is 9.59 Å². The highest BCUT2D eigenvalue weighted by molar-refractivity contribution is 5.89. The Morgan fingerprint density at radius 2 is 1.85 bits per heavy atom. The molecule has 0 spiro atoms. The van der Waals surface area contributed by atoms with Gasteiger partial charge in [-0.2, -0.15) is 0 Å². The van der Waals surface area contributed by atoms with Crippen LogP contribution in [0.2, 0.25) is 0 Å². The summed E-state index contributed by atoms with van der Waals surface area (Å²) in [6.07, 6.45) is 8.56. The fraction of sp³-hybridized carbons (Fsp3) is 0.630. The van der Waals surface area contributed by atoms with Gasteiger partial charge in [-0.05, 0) is 78.0 Å². The Kier molecular flexibility index (Phi) is 9.68. The fourth-order valence-corrected chi connectivity index (χ4v) is 5.81. The van der Waals surface area contributed by atoms with E-state index < -0.39 is 11.9 Å². The third kappa shape index (κ3) is 6.90. The van der Waals surface area contributed by atoms with Crippen LogP contribution in [0, 0.1) is 11.3 Å². The number of hydrogen-bond acceptors (Lipinski definition) is 4. The van der Waals surface area contributed by atoms with Gasteiger partial charge in [-0.25, -0.2) is 9.59 Å². The van der Waals surface area contributed by atoms with Crippen LogP contribution in [0.15, 0.2) is 30.4 Å². The van der Waals surface area contributed by atoms with E-state index >= 15 is 0 Å². The van der Waals surface area contributed by atoms with Gasteiger partial charge in [0.2, 0.25) is 0 Å². The molecule has 0 saturated heterocycles. The zero-order valence-corrected chi connectivity index (χ0v) is 20.6. The maximum absolute atomic E-state index is 9.55. The molecule has 1 fully saturated rings. The molecule has 33 heavy (non-hydrogen) atoms. The number of rotatable bonds is 8. The normalized spacial score (nSPS) is 26.3. The van der Waals surface area contributed by atoms with Crippen molar-refractivity contribution in [3.05, 3.63) is 47.0 Å². The van der Waals surface area contributed by atoms with Gasteiger partial charge in [-0.3, -0.25) is 0 Å². The number of aliphatic carboxylic acids is 2. The van der Waals surface area contributed by atoms with Crippen molar-refractivity contribution < 1.29 is 24.5 Å². The van der Waals surface area contributed by atoms with Crippen molar-refractivity contribution >= 4 is 11.9 Å². The van der Waals surface area contributed by atoms with Gasteiger partial charge in [0.05, 0.1) is 6.61 Å². The highest BCUT2D eigenvalue weighted by Crippen LogP contribution is 2.57. The van der Waals surface area contributed by atoms with E-state index in [2.05, 4.69) is 45.9 Å². The highest BCUT2D eigenvalue weighted by atomic mass is 16.5. The predicted octanol–water partition coefficient (Wildman–Crippen LogP) is 4.90. The first kappa shape index (κ1) is 27.1. The second-order valence-corrected chi connectivity index (χ2v) is 10.3. The number of carbonyl (C=O) groups is 2. The minimum Gasteiger partial charge on any atom is -0.478 e. The molecule has 2 aliphatic carbocycles. The topological polar surface area (TPSA) is 110 Å². The molecule has 6 nitrogen and oxygen atoms in total. The van der Waals surface area contributed by atoms with E-state index in [-0.39, 0.29) is 0 Å². The largest absolute Gasteiger partial charge is 0.478 e. The van der Waals surface area contributed by atoms with Gasteiger partial charge >= 0.3 is 11.9 Å². The maximum atomic E-state index is 9.55. The van der Waals surface area contributed by atoms with Gasteiger partial charge in [-0.15, -0.1) is 0 Å². The Morgan fingerprint density at radius 3 is 2.42 bits per heavy atom. The van der Waals surface area contributed by atoms with Gasteiger partial charge in [0, 0.05) is 18.8 Å². The summed E-state index contributed by atoms with van der Waals surface area (Å²) < 4.78 is 6.07. The lowest BCUT2D eigenvalue weighted by Crippen LogP contribution is -2.51. The molecule has 2 aliphatic rings. The van der Waals surface area contributed by atoms with E-state index in [1.807, 2.05) is 0 Å². The third-order valence-electron chi connectivity index (χ3n) is 7.46. The maximum Gasteiger partial charge on any atom is 0.328 e. The lowest BCUT2D eigenvalue weighted by atomic mass is 9.50. The average Bonchev–Trinajstić information content (AvgIpc) is 2.75. The van der Waals surface area contributed by atoms with Gasteiger partial charge in [0.1, 0.15) is 0 Å². The van der Waals surface area contributed by atoms with Crippen LogP contribution < -0.4 is 5.73 Å². The molecule has 1 saturated carbocycles. The number of nitrogens with two attached hydrogens (primary N) is 1. The summed E-state index contributed by atoms with van der Waals surface area (Å²) in [6, 6.07) is 7.32. The molecule has 0 aromatic heterocycles. The molecule has 6 heteroatoms. The second kappa shape index (κ2) is 11.8. The van der Waals surface area contributed by atoms with Crippen LogP contribution in [0.5, 0.6) is 0 Å². The summed E-state index contributed by atoms with van der Waals surface area (Å²) in [5, 5.41) is 15.6. The molecule has 0 amide bonds. The summed E-state index contributed by atoms with van der Waals surface area (Å²) in [5.41, 5.74) is 11.0. The molecule has 0 radical (unpaired) electrons. The van der Waals surface area contributed by atoms with Crippen LogP contribution in [-0.4, -0.2) is 41.9 Å².